The number of rotatable bonds is 61. The number of allylic oxidation sites excluding steroid dienone is 24. The van der Waals surface area contributed by atoms with Crippen LogP contribution in [0.2, 0.25) is 0 Å². The van der Waals surface area contributed by atoms with Crippen LogP contribution in [0.5, 0.6) is 0 Å². The molecule has 83 heavy (non-hydrogen) atoms. The van der Waals surface area contributed by atoms with Crippen molar-refractivity contribution in [1.82, 2.24) is 0 Å². The van der Waals surface area contributed by atoms with Crippen molar-refractivity contribution in [3.63, 3.8) is 0 Å². The van der Waals surface area contributed by atoms with Crippen molar-refractivity contribution in [3.05, 3.63) is 146 Å². The minimum Gasteiger partial charge on any atom is -0.462 e. The molecule has 0 saturated carbocycles. The summed E-state index contributed by atoms with van der Waals surface area (Å²) < 4.78 is 16.8. The number of carbonyl (C=O) groups is 3. The Morgan fingerprint density at radius 3 is 0.807 bits per heavy atom. The van der Waals surface area contributed by atoms with Crippen molar-refractivity contribution in [2.45, 2.75) is 309 Å². The molecular formula is C77H126O6. The van der Waals surface area contributed by atoms with Gasteiger partial charge < -0.3 is 14.2 Å². The van der Waals surface area contributed by atoms with Gasteiger partial charge in [0.05, 0.1) is 0 Å². The highest BCUT2D eigenvalue weighted by atomic mass is 16.6. The molecule has 0 fully saturated rings. The van der Waals surface area contributed by atoms with Crippen molar-refractivity contribution in [3.8, 4) is 0 Å². The van der Waals surface area contributed by atoms with Gasteiger partial charge in [-0.25, -0.2) is 0 Å². The lowest BCUT2D eigenvalue weighted by atomic mass is 10.0. The van der Waals surface area contributed by atoms with Crippen LogP contribution in [0.4, 0.5) is 0 Å². The monoisotopic (exact) mass is 1150 g/mol. The fourth-order valence-electron chi connectivity index (χ4n) is 9.28. The van der Waals surface area contributed by atoms with Crippen LogP contribution in [0.15, 0.2) is 146 Å². The van der Waals surface area contributed by atoms with Gasteiger partial charge in [0.25, 0.3) is 0 Å². The van der Waals surface area contributed by atoms with Gasteiger partial charge in [0, 0.05) is 19.3 Å². The average Bonchev–Trinajstić information content (AvgIpc) is 3.49. The molecule has 0 N–H and O–H groups in total. The molecule has 0 aromatic rings. The van der Waals surface area contributed by atoms with E-state index in [1.165, 1.54) is 161 Å². The summed E-state index contributed by atoms with van der Waals surface area (Å²) >= 11 is 0. The molecule has 0 spiro atoms. The smallest absolute Gasteiger partial charge is 0.306 e. The second kappa shape index (κ2) is 69.8. The maximum Gasteiger partial charge on any atom is 0.306 e. The Hall–Kier alpha value is -4.71. The van der Waals surface area contributed by atoms with Crippen molar-refractivity contribution in [1.29, 1.82) is 0 Å². The predicted octanol–water partition coefficient (Wildman–Crippen LogP) is 23.9. The van der Waals surface area contributed by atoms with Crippen LogP contribution < -0.4 is 0 Å². The molecule has 1 unspecified atom stereocenters. The molecule has 6 heteroatoms. The highest BCUT2D eigenvalue weighted by Gasteiger charge is 2.19. The molecule has 0 aliphatic carbocycles. The van der Waals surface area contributed by atoms with E-state index in [2.05, 4.69) is 142 Å². The number of carbonyl (C=O) groups excluding carboxylic acids is 3. The summed E-state index contributed by atoms with van der Waals surface area (Å²) in [6.07, 6.45) is 101. The summed E-state index contributed by atoms with van der Waals surface area (Å²) in [7, 11) is 0. The summed E-state index contributed by atoms with van der Waals surface area (Å²) in [6, 6.07) is 0. The minimum absolute atomic E-state index is 0.133. The van der Waals surface area contributed by atoms with E-state index in [9.17, 15) is 14.4 Å². The van der Waals surface area contributed by atoms with Crippen LogP contribution in [-0.4, -0.2) is 37.2 Å². The second-order valence-corrected chi connectivity index (χ2v) is 22.3. The maximum atomic E-state index is 12.9. The van der Waals surface area contributed by atoms with Gasteiger partial charge in [-0.05, 0) is 116 Å². The largest absolute Gasteiger partial charge is 0.462 e. The summed E-state index contributed by atoms with van der Waals surface area (Å²) in [5.41, 5.74) is 0. The molecule has 0 amide bonds. The lowest BCUT2D eigenvalue weighted by Crippen LogP contribution is -2.30. The zero-order valence-electron chi connectivity index (χ0n) is 53.9. The van der Waals surface area contributed by atoms with Gasteiger partial charge in [-0.3, -0.25) is 14.4 Å². The van der Waals surface area contributed by atoms with E-state index in [1.54, 1.807) is 0 Å². The molecule has 0 heterocycles. The Balaban J connectivity index is 4.29. The van der Waals surface area contributed by atoms with Crippen molar-refractivity contribution in [2.24, 2.45) is 0 Å². The van der Waals surface area contributed by atoms with E-state index in [4.69, 9.17) is 14.2 Å². The number of ether oxygens (including phenoxy) is 3. The lowest BCUT2D eigenvalue weighted by molar-refractivity contribution is -0.166. The molecule has 0 aromatic carbocycles. The summed E-state index contributed by atoms with van der Waals surface area (Å²) in [5, 5.41) is 0. The fourth-order valence-corrected chi connectivity index (χ4v) is 9.28. The van der Waals surface area contributed by atoms with Gasteiger partial charge in [-0.15, -0.1) is 0 Å². The van der Waals surface area contributed by atoms with Gasteiger partial charge in [0.15, 0.2) is 6.10 Å². The first kappa shape index (κ1) is 78.3. The molecule has 0 aliphatic rings. The van der Waals surface area contributed by atoms with E-state index in [-0.39, 0.29) is 38.0 Å². The normalized spacial score (nSPS) is 13.0. The van der Waals surface area contributed by atoms with Gasteiger partial charge in [0.1, 0.15) is 13.2 Å². The van der Waals surface area contributed by atoms with Gasteiger partial charge in [0.2, 0.25) is 0 Å². The standard InChI is InChI=1S/C77H126O6/c1-4-7-10-13-16-19-22-25-27-29-31-32-33-34-35-36-37-38-39-40-41-42-43-44-46-47-49-52-55-58-61-64-67-70-76(79)82-73-74(72-81-75(78)69-66-63-60-57-54-51-24-21-18-15-12-9-6-3)83-77(80)71-68-65-62-59-56-53-50-48-45-30-28-26-23-20-17-14-11-8-5-2/h8-9,11-12,17-18,20-22,25-26,28-29,31,45,48,51,53-54,56,60,62-63,65,74H,4-7,10,13-16,19,23-24,27,30,32-44,46-47,49-50,52,55,57-59,61,64,66-73H2,1-3H3/b11-8-,12-9-,20-17-,21-18-,25-22-,28-26-,31-29-,48-45-,54-51-,56-53-,63-60-,65-62-. The van der Waals surface area contributed by atoms with E-state index >= 15 is 0 Å². The Morgan fingerprint density at radius 1 is 0.253 bits per heavy atom. The van der Waals surface area contributed by atoms with E-state index in [1.807, 2.05) is 24.3 Å². The maximum absolute atomic E-state index is 12.9. The Bertz CT molecular complexity index is 1800. The number of esters is 3. The van der Waals surface area contributed by atoms with E-state index in [0.29, 0.717) is 19.3 Å². The number of hydrogen-bond acceptors (Lipinski definition) is 6. The Labute approximate surface area is 512 Å². The molecule has 0 rings (SSSR count). The molecule has 0 aliphatic heterocycles. The number of unbranched alkanes of at least 4 members (excludes halogenated alkanes) is 26. The van der Waals surface area contributed by atoms with Crippen LogP contribution >= 0.6 is 0 Å². The minimum atomic E-state index is -0.853. The summed E-state index contributed by atoms with van der Waals surface area (Å²) in [4.78, 5) is 38.2. The van der Waals surface area contributed by atoms with Crippen LogP contribution in [0.1, 0.15) is 303 Å². The van der Waals surface area contributed by atoms with Crippen LogP contribution in [0.25, 0.3) is 0 Å². The van der Waals surface area contributed by atoms with Gasteiger partial charge in [-0.2, -0.15) is 0 Å². The SMILES string of the molecule is CC/C=C\C/C=C\C/C=C\C/C=C\C/C=C\C/C=C\CCC(=O)OC(COC(=O)CC/C=C\C/C=C\C/C=C\C/C=C\CC)COC(=O)CCCCCCCCCCCCCCCCCCCCCCC/C=C\C/C=C\CCCCCCC. The molecule has 1 atom stereocenters. The third-order valence-corrected chi connectivity index (χ3v) is 14.3. The number of hydrogen-bond donors (Lipinski definition) is 0. The molecule has 0 bridgehead atoms. The zero-order valence-corrected chi connectivity index (χ0v) is 53.9. The van der Waals surface area contributed by atoms with Crippen molar-refractivity contribution < 1.29 is 28.6 Å². The molecule has 470 valence electrons. The third-order valence-electron chi connectivity index (χ3n) is 14.3. The van der Waals surface area contributed by atoms with Crippen molar-refractivity contribution in [2.75, 3.05) is 13.2 Å². The van der Waals surface area contributed by atoms with Gasteiger partial charge >= 0.3 is 17.9 Å². The van der Waals surface area contributed by atoms with Gasteiger partial charge in [-0.1, -0.05) is 314 Å². The molecular weight excluding hydrogens is 1020 g/mol. The molecule has 0 saturated heterocycles. The molecule has 0 aromatic heterocycles. The Morgan fingerprint density at radius 2 is 0.494 bits per heavy atom. The first-order chi connectivity index (χ1) is 41.0. The second-order valence-electron chi connectivity index (χ2n) is 22.3. The van der Waals surface area contributed by atoms with Crippen molar-refractivity contribution >= 4 is 17.9 Å². The fraction of sp³-hybridized carbons (Fsp3) is 0.649. The average molecular weight is 1150 g/mol. The first-order valence-corrected chi connectivity index (χ1v) is 34.3. The summed E-state index contributed by atoms with van der Waals surface area (Å²) in [6.45, 7) is 6.28. The quantitative estimate of drug-likeness (QED) is 0.0261. The lowest BCUT2D eigenvalue weighted by Gasteiger charge is -2.18. The third kappa shape index (κ3) is 68.0. The molecule has 6 nitrogen and oxygen atoms in total. The zero-order chi connectivity index (χ0) is 59.9. The van der Waals surface area contributed by atoms with E-state index < -0.39 is 12.1 Å². The van der Waals surface area contributed by atoms with Crippen LogP contribution in [0.3, 0.4) is 0 Å². The van der Waals surface area contributed by atoms with Crippen LogP contribution in [-0.2, 0) is 28.6 Å². The Kier molecular flexibility index (Phi) is 65.8. The highest BCUT2D eigenvalue weighted by molar-refractivity contribution is 5.71. The topological polar surface area (TPSA) is 78.9 Å². The van der Waals surface area contributed by atoms with E-state index in [0.717, 1.165) is 89.9 Å². The first-order valence-electron chi connectivity index (χ1n) is 34.3. The summed E-state index contributed by atoms with van der Waals surface area (Å²) in [5.74, 6) is -1.10. The predicted molar refractivity (Wildman–Crippen MR) is 362 cm³/mol. The highest BCUT2D eigenvalue weighted by Crippen LogP contribution is 2.17. The van der Waals surface area contributed by atoms with Crippen LogP contribution in [0, 0.1) is 0 Å². The molecule has 0 radical (unpaired) electrons.